The molecule has 0 saturated heterocycles. The molecule has 4 rings (SSSR count). The molecule has 0 bridgehead atoms. The number of hydrogen-bond donors (Lipinski definition) is 1. The zero-order valence-corrected chi connectivity index (χ0v) is 14.9. The van der Waals surface area contributed by atoms with Gasteiger partial charge in [-0.25, -0.2) is 9.79 Å². The number of methoxy groups -OCH3 is 1. The van der Waals surface area contributed by atoms with Crippen LogP contribution in [0.4, 0.5) is 10.5 Å². The Kier molecular flexibility index (Phi) is 3.85. The first-order chi connectivity index (χ1) is 12.0. The molecule has 25 heavy (non-hydrogen) atoms. The number of carbonyl (C=O) groups is 1. The maximum atomic E-state index is 12.0. The summed E-state index contributed by atoms with van der Waals surface area (Å²) in [4.78, 5) is 18.2. The maximum absolute atomic E-state index is 12.0. The Labute approximate surface area is 148 Å². The molecule has 1 fully saturated rings. The largest absolute Gasteiger partial charge is 0.463 e. The van der Waals surface area contributed by atoms with E-state index in [1.807, 2.05) is 0 Å². The van der Waals surface area contributed by atoms with E-state index in [1.54, 1.807) is 11.9 Å². The molecule has 6 nitrogen and oxygen atoms in total. The van der Waals surface area contributed by atoms with E-state index in [0.29, 0.717) is 18.5 Å². The predicted octanol–water partition coefficient (Wildman–Crippen LogP) is 2.73. The maximum Gasteiger partial charge on any atom is 0.413 e. The van der Waals surface area contributed by atoms with Crippen molar-refractivity contribution in [3.63, 3.8) is 0 Å². The summed E-state index contributed by atoms with van der Waals surface area (Å²) in [6.07, 6.45) is 6.02. The van der Waals surface area contributed by atoms with Crippen molar-refractivity contribution in [3.8, 4) is 0 Å². The van der Waals surface area contributed by atoms with Crippen molar-refractivity contribution in [1.29, 1.82) is 0 Å². The molecule has 1 amide bonds. The minimum atomic E-state index is -0.342. The quantitative estimate of drug-likeness (QED) is 0.896. The van der Waals surface area contributed by atoms with Gasteiger partial charge in [-0.2, -0.15) is 0 Å². The van der Waals surface area contributed by atoms with Crippen molar-refractivity contribution in [2.45, 2.75) is 50.0 Å². The number of anilines is 1. The molecule has 2 N–H and O–H groups in total. The lowest BCUT2D eigenvalue weighted by Gasteiger charge is -2.37. The van der Waals surface area contributed by atoms with Crippen molar-refractivity contribution in [2.75, 3.05) is 25.7 Å². The van der Waals surface area contributed by atoms with Gasteiger partial charge in [0.15, 0.2) is 0 Å². The van der Waals surface area contributed by atoms with Crippen molar-refractivity contribution in [2.24, 2.45) is 10.7 Å². The number of aliphatic imine (C=N–C) groups is 1. The number of carbonyl (C=O) groups excluding carboxylic acids is 1. The predicted molar refractivity (Wildman–Crippen MR) is 96.2 cm³/mol. The smallest absolute Gasteiger partial charge is 0.413 e. The lowest BCUT2D eigenvalue weighted by atomic mass is 9.71. The first-order valence-corrected chi connectivity index (χ1v) is 8.97. The van der Waals surface area contributed by atoms with Gasteiger partial charge in [0.05, 0.1) is 12.8 Å². The number of hydrogen-bond acceptors (Lipinski definition) is 5. The van der Waals surface area contributed by atoms with Crippen molar-refractivity contribution in [1.82, 2.24) is 0 Å². The average Bonchev–Trinajstić information content (AvgIpc) is 2.92. The Morgan fingerprint density at radius 1 is 1.40 bits per heavy atom. The van der Waals surface area contributed by atoms with Gasteiger partial charge in [-0.3, -0.25) is 4.90 Å². The van der Waals surface area contributed by atoms with Crippen molar-refractivity contribution >= 4 is 17.8 Å². The van der Waals surface area contributed by atoms with Crippen LogP contribution in [0.2, 0.25) is 0 Å². The zero-order valence-electron chi connectivity index (χ0n) is 14.9. The first-order valence-electron chi connectivity index (χ1n) is 8.97. The number of fused-ring (bicyclic) bond motifs is 1. The van der Waals surface area contributed by atoms with Gasteiger partial charge in [-0.05, 0) is 54.4 Å². The molecule has 1 aromatic carbocycles. The molecule has 2 aliphatic carbocycles. The standard InChI is InChI=1S/C19H25N3O3/c1-22(18(23)24-2)16-7-6-13(12-4-3-5-12)15-10-19(9-8-14(15)16)11-25-17(20)21-19/h6-7,12H,3-5,8-11H2,1-2H3,(H2,20,21). The summed E-state index contributed by atoms with van der Waals surface area (Å²) in [6, 6.07) is 4.57. The highest BCUT2D eigenvalue weighted by Crippen LogP contribution is 2.45. The number of ether oxygens (including phenoxy) is 2. The van der Waals surface area contributed by atoms with Gasteiger partial charge in [0.1, 0.15) is 12.1 Å². The normalized spacial score (nSPS) is 25.0. The summed E-state index contributed by atoms with van der Waals surface area (Å²) in [5.74, 6) is 0.630. The third-order valence-electron chi connectivity index (χ3n) is 5.98. The van der Waals surface area contributed by atoms with E-state index in [2.05, 4.69) is 17.1 Å². The molecule has 1 saturated carbocycles. The van der Waals surface area contributed by atoms with Crippen LogP contribution in [0.1, 0.15) is 48.3 Å². The lowest BCUT2D eigenvalue weighted by Crippen LogP contribution is -2.38. The molecular formula is C19H25N3O3. The van der Waals surface area contributed by atoms with E-state index in [1.165, 1.54) is 43.1 Å². The van der Waals surface area contributed by atoms with E-state index in [-0.39, 0.29) is 11.6 Å². The van der Waals surface area contributed by atoms with Gasteiger partial charge in [0, 0.05) is 13.5 Å². The van der Waals surface area contributed by atoms with Crippen LogP contribution in [0.15, 0.2) is 17.1 Å². The molecule has 1 unspecified atom stereocenters. The van der Waals surface area contributed by atoms with Crippen LogP contribution in [-0.2, 0) is 22.3 Å². The molecule has 1 heterocycles. The lowest BCUT2D eigenvalue weighted by molar-refractivity contribution is 0.180. The Bertz CT molecular complexity index is 742. The Hall–Kier alpha value is -2.24. The number of amides is 1. The summed E-state index contributed by atoms with van der Waals surface area (Å²) < 4.78 is 10.4. The second-order valence-electron chi connectivity index (χ2n) is 7.43. The zero-order chi connectivity index (χ0) is 17.6. The fourth-order valence-corrected chi connectivity index (χ4v) is 4.34. The van der Waals surface area contributed by atoms with Gasteiger partial charge < -0.3 is 15.2 Å². The SMILES string of the molecule is COC(=O)N(C)c1ccc(C2CCC2)c2c1CCC1(COC(N)=N1)C2. The molecule has 1 spiro atoms. The molecule has 6 heteroatoms. The highest BCUT2D eigenvalue weighted by molar-refractivity contribution is 5.88. The molecule has 0 radical (unpaired) electrons. The van der Waals surface area contributed by atoms with Gasteiger partial charge in [0.25, 0.3) is 6.02 Å². The van der Waals surface area contributed by atoms with Crippen molar-refractivity contribution < 1.29 is 14.3 Å². The minimum absolute atomic E-state index is 0.238. The van der Waals surface area contributed by atoms with E-state index in [9.17, 15) is 4.79 Å². The van der Waals surface area contributed by atoms with E-state index in [4.69, 9.17) is 15.2 Å². The number of nitrogens with two attached hydrogens (primary N) is 1. The molecule has 3 aliphatic rings. The topological polar surface area (TPSA) is 77.1 Å². The molecular weight excluding hydrogens is 318 g/mol. The van der Waals surface area contributed by atoms with Gasteiger partial charge >= 0.3 is 6.09 Å². The fourth-order valence-electron chi connectivity index (χ4n) is 4.34. The minimum Gasteiger partial charge on any atom is -0.463 e. The highest BCUT2D eigenvalue weighted by atomic mass is 16.5. The van der Waals surface area contributed by atoms with Crippen LogP contribution in [0.3, 0.4) is 0 Å². The molecule has 1 aliphatic heterocycles. The Morgan fingerprint density at radius 3 is 2.80 bits per heavy atom. The number of benzene rings is 1. The summed E-state index contributed by atoms with van der Waals surface area (Å²) in [5, 5.41) is 0. The summed E-state index contributed by atoms with van der Waals surface area (Å²) in [5.41, 5.74) is 10.5. The Balaban J connectivity index is 1.77. The van der Waals surface area contributed by atoms with Crippen LogP contribution < -0.4 is 10.6 Å². The second kappa shape index (κ2) is 5.93. The number of amidine groups is 1. The van der Waals surface area contributed by atoms with Crippen molar-refractivity contribution in [3.05, 3.63) is 28.8 Å². The molecule has 0 aromatic heterocycles. The van der Waals surface area contributed by atoms with E-state index in [0.717, 1.165) is 24.9 Å². The van der Waals surface area contributed by atoms with Crippen LogP contribution >= 0.6 is 0 Å². The van der Waals surface area contributed by atoms with Gasteiger partial charge in [-0.1, -0.05) is 12.5 Å². The van der Waals surface area contributed by atoms with Gasteiger partial charge in [0.2, 0.25) is 0 Å². The third kappa shape index (κ3) is 2.64. The summed E-state index contributed by atoms with van der Waals surface area (Å²) in [6.45, 7) is 0.555. The van der Waals surface area contributed by atoms with Crippen LogP contribution in [0, 0.1) is 0 Å². The van der Waals surface area contributed by atoms with Crippen LogP contribution in [0.5, 0.6) is 0 Å². The average molecular weight is 343 g/mol. The summed E-state index contributed by atoms with van der Waals surface area (Å²) in [7, 11) is 3.18. The first kappa shape index (κ1) is 16.2. The number of nitrogens with zero attached hydrogens (tertiary/aromatic N) is 2. The second-order valence-corrected chi connectivity index (χ2v) is 7.43. The fraction of sp³-hybridized carbons (Fsp3) is 0.579. The van der Waals surface area contributed by atoms with E-state index >= 15 is 0 Å². The Morgan fingerprint density at radius 2 is 2.20 bits per heavy atom. The molecule has 1 atom stereocenters. The highest BCUT2D eigenvalue weighted by Gasteiger charge is 2.42. The monoisotopic (exact) mass is 343 g/mol. The molecule has 134 valence electrons. The van der Waals surface area contributed by atoms with Crippen LogP contribution in [0.25, 0.3) is 0 Å². The van der Waals surface area contributed by atoms with Crippen LogP contribution in [-0.4, -0.2) is 38.4 Å². The van der Waals surface area contributed by atoms with Gasteiger partial charge in [-0.15, -0.1) is 0 Å². The molecule has 1 aromatic rings. The van der Waals surface area contributed by atoms with E-state index < -0.39 is 0 Å². The third-order valence-corrected chi connectivity index (χ3v) is 5.98. The number of rotatable bonds is 2. The summed E-state index contributed by atoms with van der Waals surface area (Å²) >= 11 is 0.